The predicted molar refractivity (Wildman–Crippen MR) is 152 cm³/mol. The molecule has 0 radical (unpaired) electrons. The first-order chi connectivity index (χ1) is 19.2. The summed E-state index contributed by atoms with van der Waals surface area (Å²) in [7, 11) is -2.03. The number of benzene rings is 2. The van der Waals surface area contributed by atoms with Crippen molar-refractivity contribution < 1.29 is 32.2 Å². The quantitative estimate of drug-likeness (QED) is 0.410. The third-order valence-electron chi connectivity index (χ3n) is 7.43. The molecule has 0 saturated heterocycles. The van der Waals surface area contributed by atoms with Crippen LogP contribution in [0.15, 0.2) is 42.5 Å². The Balaban J connectivity index is 1.45. The van der Waals surface area contributed by atoms with Crippen molar-refractivity contribution in [2.45, 2.75) is 70.5 Å². The number of nitrogens with one attached hydrogen (secondary N) is 1. The highest BCUT2D eigenvalue weighted by atomic mass is 32.2. The summed E-state index contributed by atoms with van der Waals surface area (Å²) < 4.78 is 42.5. The Bertz CT molecular complexity index is 1280. The lowest BCUT2D eigenvalue weighted by Crippen LogP contribution is -2.50. The van der Waals surface area contributed by atoms with Crippen molar-refractivity contribution in [1.29, 1.82) is 0 Å². The monoisotopic (exact) mass is 573 g/mol. The normalized spacial score (nSPS) is 15.8. The molecule has 11 heteroatoms. The number of carbonyl (C=O) groups excluding carboxylic acids is 2. The summed E-state index contributed by atoms with van der Waals surface area (Å²) in [6, 6.07) is 11.8. The maximum absolute atomic E-state index is 13.5. The standard InChI is InChI=1S/C29H39N3O7S/c1-21(29(34)30-23-8-5-4-6-9-23)31(19-22-11-14-25(37-2)15-12-22)28(33)10-7-17-32(40(3,35)36)24-13-16-26-27(18-24)39-20-38-26/h11-16,18,21,23H,4-10,17,19-20H2,1-3H3,(H,30,34). The van der Waals surface area contributed by atoms with Crippen LogP contribution in [-0.4, -0.2) is 63.9 Å². The number of hydrogen-bond acceptors (Lipinski definition) is 7. The summed E-state index contributed by atoms with van der Waals surface area (Å²) in [5, 5.41) is 3.13. The number of ether oxygens (including phenoxy) is 3. The van der Waals surface area contributed by atoms with Crippen molar-refractivity contribution in [2.75, 3.05) is 31.0 Å². The van der Waals surface area contributed by atoms with Gasteiger partial charge in [0.25, 0.3) is 0 Å². The van der Waals surface area contributed by atoms with Gasteiger partial charge in [0.1, 0.15) is 11.8 Å². The fraction of sp³-hybridized carbons (Fsp3) is 0.517. The van der Waals surface area contributed by atoms with Crippen LogP contribution >= 0.6 is 0 Å². The molecular formula is C29H39N3O7S. The van der Waals surface area contributed by atoms with E-state index >= 15 is 0 Å². The minimum absolute atomic E-state index is 0.0772. The second kappa shape index (κ2) is 13.3. The van der Waals surface area contributed by atoms with E-state index in [1.807, 2.05) is 24.3 Å². The van der Waals surface area contributed by atoms with Crippen LogP contribution in [0.5, 0.6) is 17.2 Å². The van der Waals surface area contributed by atoms with Gasteiger partial charge in [-0.15, -0.1) is 0 Å². The van der Waals surface area contributed by atoms with Gasteiger partial charge in [-0.25, -0.2) is 8.42 Å². The van der Waals surface area contributed by atoms with Crippen molar-refractivity contribution in [3.05, 3.63) is 48.0 Å². The molecule has 218 valence electrons. The Morgan fingerprint density at radius 2 is 1.75 bits per heavy atom. The van der Waals surface area contributed by atoms with E-state index in [9.17, 15) is 18.0 Å². The number of methoxy groups -OCH3 is 1. The van der Waals surface area contributed by atoms with Gasteiger partial charge in [-0.05, 0) is 56.0 Å². The smallest absolute Gasteiger partial charge is 0.242 e. The minimum atomic E-state index is -3.62. The molecule has 40 heavy (non-hydrogen) atoms. The van der Waals surface area contributed by atoms with Gasteiger partial charge in [-0.2, -0.15) is 0 Å². The third kappa shape index (κ3) is 7.59. The molecule has 1 aliphatic heterocycles. The molecule has 2 aliphatic rings. The van der Waals surface area contributed by atoms with Crippen molar-refractivity contribution >= 4 is 27.5 Å². The Morgan fingerprint density at radius 1 is 1.05 bits per heavy atom. The van der Waals surface area contributed by atoms with E-state index in [1.165, 1.54) is 10.7 Å². The maximum Gasteiger partial charge on any atom is 0.242 e. The van der Waals surface area contributed by atoms with Crippen molar-refractivity contribution in [3.8, 4) is 17.2 Å². The van der Waals surface area contributed by atoms with E-state index in [0.717, 1.165) is 37.5 Å². The molecule has 2 aromatic rings. The van der Waals surface area contributed by atoms with Crippen LogP contribution in [0.2, 0.25) is 0 Å². The number of amides is 2. The molecule has 2 amide bonds. The molecule has 1 unspecified atom stereocenters. The number of fused-ring (bicyclic) bond motifs is 1. The van der Waals surface area contributed by atoms with Gasteiger partial charge in [0.2, 0.25) is 28.6 Å². The number of carbonyl (C=O) groups is 2. The minimum Gasteiger partial charge on any atom is -0.497 e. The van der Waals surface area contributed by atoms with Crippen molar-refractivity contribution in [3.63, 3.8) is 0 Å². The van der Waals surface area contributed by atoms with Gasteiger partial charge in [0, 0.05) is 31.6 Å². The molecule has 2 aromatic carbocycles. The number of sulfonamides is 1. The number of rotatable bonds is 12. The van der Waals surface area contributed by atoms with E-state index < -0.39 is 16.1 Å². The first-order valence-corrected chi connectivity index (χ1v) is 15.6. The van der Waals surface area contributed by atoms with Gasteiger partial charge >= 0.3 is 0 Å². The molecule has 1 fully saturated rings. The zero-order chi connectivity index (χ0) is 28.7. The highest BCUT2D eigenvalue weighted by Crippen LogP contribution is 2.36. The fourth-order valence-electron chi connectivity index (χ4n) is 5.12. The van der Waals surface area contributed by atoms with Crippen LogP contribution in [0.25, 0.3) is 0 Å². The van der Waals surface area contributed by atoms with E-state index in [4.69, 9.17) is 14.2 Å². The summed E-state index contributed by atoms with van der Waals surface area (Å²) in [6.07, 6.45) is 6.75. The van der Waals surface area contributed by atoms with Crippen molar-refractivity contribution in [1.82, 2.24) is 10.2 Å². The Kier molecular flexibility index (Phi) is 9.78. The lowest BCUT2D eigenvalue weighted by molar-refractivity contribution is -0.141. The first kappa shape index (κ1) is 29.5. The zero-order valence-corrected chi connectivity index (χ0v) is 24.2. The average molecular weight is 574 g/mol. The Hall–Kier alpha value is -3.47. The van der Waals surface area contributed by atoms with E-state index in [0.29, 0.717) is 22.9 Å². The summed E-state index contributed by atoms with van der Waals surface area (Å²) >= 11 is 0. The molecule has 1 heterocycles. The van der Waals surface area contributed by atoms with Gasteiger partial charge in [-0.1, -0.05) is 31.4 Å². The van der Waals surface area contributed by atoms with E-state index in [1.54, 1.807) is 37.1 Å². The van der Waals surface area contributed by atoms with Crippen LogP contribution in [0, 0.1) is 0 Å². The Labute approximate surface area is 236 Å². The van der Waals surface area contributed by atoms with E-state index in [2.05, 4.69) is 5.32 Å². The van der Waals surface area contributed by atoms with Crippen LogP contribution in [0.3, 0.4) is 0 Å². The lowest BCUT2D eigenvalue weighted by atomic mass is 9.95. The van der Waals surface area contributed by atoms with E-state index in [-0.39, 0.29) is 50.6 Å². The van der Waals surface area contributed by atoms with Crippen LogP contribution in [0.4, 0.5) is 5.69 Å². The lowest BCUT2D eigenvalue weighted by Gasteiger charge is -2.31. The molecule has 1 aliphatic carbocycles. The van der Waals surface area contributed by atoms with Crippen LogP contribution in [-0.2, 0) is 26.2 Å². The highest BCUT2D eigenvalue weighted by molar-refractivity contribution is 7.92. The number of anilines is 1. The summed E-state index contributed by atoms with van der Waals surface area (Å²) in [4.78, 5) is 28.3. The van der Waals surface area contributed by atoms with Gasteiger partial charge in [0.15, 0.2) is 11.5 Å². The third-order valence-corrected chi connectivity index (χ3v) is 8.62. The summed E-state index contributed by atoms with van der Waals surface area (Å²) in [5.74, 6) is 1.34. The topological polar surface area (TPSA) is 114 Å². The van der Waals surface area contributed by atoms with Crippen molar-refractivity contribution in [2.24, 2.45) is 0 Å². The van der Waals surface area contributed by atoms with Gasteiger partial charge < -0.3 is 24.4 Å². The zero-order valence-electron chi connectivity index (χ0n) is 23.4. The SMILES string of the molecule is COc1ccc(CN(C(=O)CCCN(c2ccc3c(c2)OCO3)S(C)(=O)=O)C(C)C(=O)NC2CCCCC2)cc1. The fourth-order valence-corrected chi connectivity index (χ4v) is 6.08. The molecule has 0 bridgehead atoms. The van der Waals surface area contributed by atoms with Crippen LogP contribution < -0.4 is 23.8 Å². The van der Waals surface area contributed by atoms with Crippen LogP contribution in [0.1, 0.15) is 57.4 Å². The predicted octanol–water partition coefficient (Wildman–Crippen LogP) is 3.84. The number of hydrogen-bond donors (Lipinski definition) is 1. The molecular weight excluding hydrogens is 534 g/mol. The average Bonchev–Trinajstić information content (AvgIpc) is 3.42. The highest BCUT2D eigenvalue weighted by Gasteiger charge is 2.29. The summed E-state index contributed by atoms with van der Waals surface area (Å²) in [6.45, 7) is 2.18. The molecule has 1 saturated carbocycles. The maximum atomic E-state index is 13.5. The molecule has 1 N–H and O–H groups in total. The first-order valence-electron chi connectivity index (χ1n) is 13.8. The molecule has 4 rings (SSSR count). The van der Waals surface area contributed by atoms with Gasteiger partial charge in [0.05, 0.1) is 19.1 Å². The second-order valence-corrected chi connectivity index (χ2v) is 12.3. The molecule has 1 atom stereocenters. The second-order valence-electron chi connectivity index (χ2n) is 10.4. The molecule has 0 aromatic heterocycles. The molecule has 0 spiro atoms. The van der Waals surface area contributed by atoms with Gasteiger partial charge in [-0.3, -0.25) is 13.9 Å². The summed E-state index contributed by atoms with van der Waals surface area (Å²) in [5.41, 5.74) is 1.30. The Morgan fingerprint density at radius 3 is 2.42 bits per heavy atom. The largest absolute Gasteiger partial charge is 0.497 e. The molecule has 10 nitrogen and oxygen atoms in total. The number of nitrogens with zero attached hydrogens (tertiary/aromatic N) is 2.